The van der Waals surface area contributed by atoms with Crippen LogP contribution >= 0.6 is 0 Å². The van der Waals surface area contributed by atoms with Gasteiger partial charge in [-0.15, -0.1) is 0 Å². The largest absolute Gasteiger partial charge is 0.311 e. The van der Waals surface area contributed by atoms with Crippen LogP contribution in [0.15, 0.2) is 30.3 Å². The van der Waals surface area contributed by atoms with Crippen LogP contribution < -0.4 is 5.32 Å². The van der Waals surface area contributed by atoms with Gasteiger partial charge in [-0.05, 0) is 39.4 Å². The molecule has 0 fully saturated rings. The summed E-state index contributed by atoms with van der Waals surface area (Å²) in [5.74, 6) is 0. The van der Waals surface area contributed by atoms with E-state index in [-0.39, 0.29) is 11.0 Å². The minimum atomic E-state index is 0.139. The third-order valence-corrected chi connectivity index (χ3v) is 3.95. The van der Waals surface area contributed by atoms with Gasteiger partial charge in [-0.2, -0.15) is 0 Å². The maximum Gasteiger partial charge on any atom is 0.0177 e. The van der Waals surface area contributed by atoms with E-state index < -0.39 is 0 Å². The van der Waals surface area contributed by atoms with E-state index in [1.165, 1.54) is 5.56 Å². The predicted molar refractivity (Wildman–Crippen MR) is 89.3 cm³/mol. The fraction of sp³-hybridized carbons (Fsp3) is 0.667. The molecule has 0 bridgehead atoms. The first-order chi connectivity index (χ1) is 9.30. The van der Waals surface area contributed by atoms with Crippen molar-refractivity contribution in [2.24, 2.45) is 0 Å². The van der Waals surface area contributed by atoms with Crippen molar-refractivity contribution in [3.63, 3.8) is 0 Å². The third kappa shape index (κ3) is 5.26. The number of nitrogens with one attached hydrogen (secondary N) is 1. The lowest BCUT2D eigenvalue weighted by molar-refractivity contribution is 0.218. The van der Waals surface area contributed by atoms with Crippen LogP contribution in [-0.2, 0) is 5.41 Å². The molecule has 0 spiro atoms. The van der Waals surface area contributed by atoms with Gasteiger partial charge in [0.25, 0.3) is 0 Å². The van der Waals surface area contributed by atoms with Crippen molar-refractivity contribution in [3.8, 4) is 0 Å². The minimum Gasteiger partial charge on any atom is -0.311 e. The summed E-state index contributed by atoms with van der Waals surface area (Å²) >= 11 is 0. The van der Waals surface area contributed by atoms with Crippen LogP contribution in [0.5, 0.6) is 0 Å². The molecule has 114 valence electrons. The van der Waals surface area contributed by atoms with Crippen LogP contribution in [-0.4, -0.2) is 36.6 Å². The molecule has 0 heterocycles. The van der Waals surface area contributed by atoms with Crippen LogP contribution in [0.1, 0.15) is 47.1 Å². The molecule has 2 nitrogen and oxygen atoms in total. The summed E-state index contributed by atoms with van der Waals surface area (Å²) in [4.78, 5) is 2.51. The summed E-state index contributed by atoms with van der Waals surface area (Å²) in [5.41, 5.74) is 1.71. The van der Waals surface area contributed by atoms with Crippen LogP contribution in [0.4, 0.5) is 0 Å². The van der Waals surface area contributed by atoms with Crippen molar-refractivity contribution in [3.05, 3.63) is 35.9 Å². The quantitative estimate of drug-likeness (QED) is 0.817. The molecule has 1 aromatic carbocycles. The average Bonchev–Trinajstić information content (AvgIpc) is 2.43. The Labute approximate surface area is 125 Å². The number of benzene rings is 1. The highest BCUT2D eigenvalue weighted by Crippen LogP contribution is 2.25. The van der Waals surface area contributed by atoms with Gasteiger partial charge in [-0.3, -0.25) is 0 Å². The Bertz CT molecular complexity index is 376. The monoisotopic (exact) mass is 276 g/mol. The first-order valence-corrected chi connectivity index (χ1v) is 7.83. The second-order valence-corrected chi connectivity index (χ2v) is 6.99. The number of hydrogen-bond acceptors (Lipinski definition) is 2. The first kappa shape index (κ1) is 17.2. The second-order valence-electron chi connectivity index (χ2n) is 6.99. The molecule has 0 aromatic heterocycles. The van der Waals surface area contributed by atoms with Gasteiger partial charge in [0.2, 0.25) is 0 Å². The maximum absolute atomic E-state index is 3.69. The lowest BCUT2D eigenvalue weighted by Crippen LogP contribution is -2.50. The Morgan fingerprint density at radius 3 is 1.95 bits per heavy atom. The highest BCUT2D eigenvalue weighted by molar-refractivity contribution is 5.25. The Morgan fingerprint density at radius 1 is 0.950 bits per heavy atom. The molecular formula is C18H32N2. The minimum absolute atomic E-state index is 0.139. The molecule has 0 aliphatic rings. The van der Waals surface area contributed by atoms with Crippen LogP contribution in [0.2, 0.25) is 0 Å². The van der Waals surface area contributed by atoms with Crippen LogP contribution in [0.3, 0.4) is 0 Å². The molecule has 1 rings (SSSR count). The molecule has 0 aliphatic heterocycles. The van der Waals surface area contributed by atoms with Crippen molar-refractivity contribution < 1.29 is 0 Å². The van der Waals surface area contributed by atoms with Crippen LogP contribution in [0, 0.1) is 0 Å². The second kappa shape index (κ2) is 7.24. The normalized spacial score (nSPS) is 15.3. The summed E-state index contributed by atoms with van der Waals surface area (Å²) in [7, 11) is 0. The molecule has 0 amide bonds. The molecule has 0 saturated carbocycles. The maximum atomic E-state index is 3.69. The van der Waals surface area contributed by atoms with E-state index >= 15 is 0 Å². The molecule has 1 unspecified atom stereocenters. The van der Waals surface area contributed by atoms with E-state index in [1.807, 2.05) is 0 Å². The molecule has 1 aromatic rings. The van der Waals surface area contributed by atoms with E-state index in [0.717, 1.165) is 26.2 Å². The fourth-order valence-electron chi connectivity index (χ4n) is 2.49. The first-order valence-electron chi connectivity index (χ1n) is 7.83. The zero-order valence-electron chi connectivity index (χ0n) is 14.2. The van der Waals surface area contributed by atoms with Crippen molar-refractivity contribution >= 4 is 0 Å². The standard InChI is InChI=1S/C18H32N2/c1-7-20(8-2)15-18(6,14-19-17(3,4)5)16-12-10-9-11-13-16/h9-13,19H,7-8,14-15H2,1-6H3. The number of hydrogen-bond donors (Lipinski definition) is 1. The van der Waals surface area contributed by atoms with E-state index in [1.54, 1.807) is 0 Å². The lowest BCUT2D eigenvalue weighted by Gasteiger charge is -2.38. The zero-order valence-corrected chi connectivity index (χ0v) is 14.2. The molecule has 1 atom stereocenters. The molecule has 0 radical (unpaired) electrons. The van der Waals surface area contributed by atoms with Gasteiger partial charge < -0.3 is 10.2 Å². The van der Waals surface area contributed by atoms with Gasteiger partial charge in [0, 0.05) is 24.0 Å². The number of nitrogens with zero attached hydrogens (tertiary/aromatic N) is 1. The van der Waals surface area contributed by atoms with Crippen molar-refractivity contribution in [1.82, 2.24) is 10.2 Å². The Balaban J connectivity index is 2.93. The molecule has 1 N–H and O–H groups in total. The van der Waals surface area contributed by atoms with Gasteiger partial charge in [-0.25, -0.2) is 0 Å². The van der Waals surface area contributed by atoms with E-state index in [9.17, 15) is 0 Å². The van der Waals surface area contributed by atoms with E-state index in [4.69, 9.17) is 0 Å². The Morgan fingerprint density at radius 2 is 1.50 bits per heavy atom. The summed E-state index contributed by atoms with van der Waals surface area (Å²) in [6.45, 7) is 17.9. The van der Waals surface area contributed by atoms with Gasteiger partial charge in [0.1, 0.15) is 0 Å². The predicted octanol–water partition coefficient (Wildman–Crippen LogP) is 3.67. The zero-order chi connectivity index (χ0) is 15.2. The van der Waals surface area contributed by atoms with E-state index in [0.29, 0.717) is 0 Å². The molecule has 2 heteroatoms. The summed E-state index contributed by atoms with van der Waals surface area (Å²) in [6, 6.07) is 10.9. The topological polar surface area (TPSA) is 15.3 Å². The third-order valence-electron chi connectivity index (χ3n) is 3.95. The lowest BCUT2D eigenvalue weighted by atomic mass is 9.81. The van der Waals surface area contributed by atoms with Gasteiger partial charge in [-0.1, -0.05) is 51.1 Å². The summed E-state index contributed by atoms with van der Waals surface area (Å²) in [6.07, 6.45) is 0. The molecule has 0 aliphatic carbocycles. The fourth-order valence-corrected chi connectivity index (χ4v) is 2.49. The highest BCUT2D eigenvalue weighted by Gasteiger charge is 2.29. The molecular weight excluding hydrogens is 244 g/mol. The Kier molecular flexibility index (Phi) is 6.22. The van der Waals surface area contributed by atoms with E-state index in [2.05, 4.69) is 82.1 Å². The molecule has 20 heavy (non-hydrogen) atoms. The van der Waals surface area contributed by atoms with Gasteiger partial charge >= 0.3 is 0 Å². The Hall–Kier alpha value is -0.860. The number of rotatable bonds is 7. The highest BCUT2D eigenvalue weighted by atomic mass is 15.1. The van der Waals surface area contributed by atoms with Gasteiger partial charge in [0.05, 0.1) is 0 Å². The van der Waals surface area contributed by atoms with Crippen LogP contribution in [0.25, 0.3) is 0 Å². The molecule has 0 saturated heterocycles. The van der Waals surface area contributed by atoms with Crippen molar-refractivity contribution in [1.29, 1.82) is 0 Å². The van der Waals surface area contributed by atoms with Crippen molar-refractivity contribution in [2.75, 3.05) is 26.2 Å². The summed E-state index contributed by atoms with van der Waals surface area (Å²) < 4.78 is 0. The SMILES string of the molecule is CCN(CC)CC(C)(CNC(C)(C)C)c1ccccc1. The average molecular weight is 276 g/mol. The van der Waals surface area contributed by atoms with Gasteiger partial charge in [0.15, 0.2) is 0 Å². The van der Waals surface area contributed by atoms with Crippen molar-refractivity contribution in [2.45, 2.75) is 52.5 Å². The smallest absolute Gasteiger partial charge is 0.0177 e. The number of likely N-dealkylation sites (N-methyl/N-ethyl adjacent to an activating group) is 1. The summed E-state index contributed by atoms with van der Waals surface area (Å²) in [5, 5.41) is 3.69.